The van der Waals surface area contributed by atoms with Crippen molar-refractivity contribution in [3.63, 3.8) is 0 Å². The second-order valence-corrected chi connectivity index (χ2v) is 6.68. The Balaban J connectivity index is 1.79. The van der Waals surface area contributed by atoms with E-state index in [1.54, 1.807) is 30.3 Å². The van der Waals surface area contributed by atoms with Gasteiger partial charge in [0.25, 0.3) is 5.91 Å². The lowest BCUT2D eigenvalue weighted by Gasteiger charge is -2.18. The third-order valence-electron chi connectivity index (χ3n) is 3.94. The molecule has 0 saturated carbocycles. The number of halogens is 1. The largest absolute Gasteiger partial charge is 0.486 e. The molecule has 4 rings (SSSR count). The van der Waals surface area contributed by atoms with E-state index in [2.05, 4.69) is 11.6 Å². The van der Waals surface area contributed by atoms with E-state index in [0.717, 1.165) is 10.2 Å². The summed E-state index contributed by atoms with van der Waals surface area (Å²) in [6.07, 6.45) is 1.71. The van der Waals surface area contributed by atoms with Crippen molar-refractivity contribution in [1.29, 1.82) is 0 Å². The number of hydrogen-bond acceptors (Lipinski definition) is 4. The molecule has 0 spiro atoms. The van der Waals surface area contributed by atoms with Crippen molar-refractivity contribution in [1.82, 2.24) is 4.57 Å². The molecule has 2 aromatic carbocycles. The third kappa shape index (κ3) is 3.01. The van der Waals surface area contributed by atoms with Crippen LogP contribution in [-0.4, -0.2) is 23.7 Å². The summed E-state index contributed by atoms with van der Waals surface area (Å²) in [6.45, 7) is 5.15. The standard InChI is InChI=1S/C19H15FN2O3S/c1-2-7-22-14-5-4-13(20)11-17(14)26-19(22)21-18(23)12-3-6-15-16(10-12)25-9-8-24-15/h2-6,10-11H,1,7-9H2. The van der Waals surface area contributed by atoms with Gasteiger partial charge in [0.15, 0.2) is 16.3 Å². The van der Waals surface area contributed by atoms with Crippen LogP contribution in [0.3, 0.4) is 0 Å². The zero-order valence-corrected chi connectivity index (χ0v) is 14.6. The van der Waals surface area contributed by atoms with Crippen molar-refractivity contribution in [3.8, 4) is 11.5 Å². The van der Waals surface area contributed by atoms with Crippen LogP contribution in [0.4, 0.5) is 4.39 Å². The molecule has 1 aromatic heterocycles. The topological polar surface area (TPSA) is 52.8 Å². The quantitative estimate of drug-likeness (QED) is 0.663. The van der Waals surface area contributed by atoms with Crippen molar-refractivity contribution < 1.29 is 18.7 Å². The second-order valence-electron chi connectivity index (χ2n) is 5.67. The Morgan fingerprint density at radius 1 is 1.23 bits per heavy atom. The molecule has 0 atom stereocenters. The number of aromatic nitrogens is 1. The Morgan fingerprint density at radius 2 is 2.04 bits per heavy atom. The Labute approximate surface area is 152 Å². The van der Waals surface area contributed by atoms with Gasteiger partial charge in [-0.1, -0.05) is 17.4 Å². The molecule has 26 heavy (non-hydrogen) atoms. The summed E-state index contributed by atoms with van der Waals surface area (Å²) in [4.78, 5) is 17.4. The summed E-state index contributed by atoms with van der Waals surface area (Å²) < 4.78 is 27.0. The molecule has 0 N–H and O–H groups in total. The molecule has 0 saturated heterocycles. The SMILES string of the molecule is C=CCn1c(=NC(=O)c2ccc3c(c2)OCCO3)sc2cc(F)ccc21. The van der Waals surface area contributed by atoms with Gasteiger partial charge >= 0.3 is 0 Å². The maximum atomic E-state index is 13.5. The van der Waals surface area contributed by atoms with Gasteiger partial charge in [-0.3, -0.25) is 4.79 Å². The Kier molecular flexibility index (Phi) is 4.30. The third-order valence-corrected chi connectivity index (χ3v) is 4.98. The summed E-state index contributed by atoms with van der Waals surface area (Å²) in [6, 6.07) is 9.50. The molecule has 0 radical (unpaired) electrons. The number of nitrogens with zero attached hydrogens (tertiary/aromatic N) is 2. The maximum Gasteiger partial charge on any atom is 0.279 e. The molecule has 132 valence electrons. The van der Waals surface area contributed by atoms with Crippen molar-refractivity contribution in [3.05, 3.63) is 65.2 Å². The molecule has 1 aliphatic heterocycles. The average molecular weight is 370 g/mol. The number of ether oxygens (including phenoxy) is 2. The van der Waals surface area contributed by atoms with Crippen molar-refractivity contribution in [2.24, 2.45) is 4.99 Å². The number of hydrogen-bond donors (Lipinski definition) is 0. The maximum absolute atomic E-state index is 13.5. The number of allylic oxidation sites excluding steroid dienone is 1. The summed E-state index contributed by atoms with van der Waals surface area (Å²) in [5, 5.41) is 0. The summed E-state index contributed by atoms with van der Waals surface area (Å²) >= 11 is 1.26. The first-order chi connectivity index (χ1) is 12.7. The van der Waals surface area contributed by atoms with E-state index in [9.17, 15) is 9.18 Å². The molecule has 3 aromatic rings. The fourth-order valence-electron chi connectivity index (χ4n) is 2.77. The number of carbonyl (C=O) groups excluding carboxylic acids is 1. The average Bonchev–Trinajstić information content (AvgIpc) is 2.98. The number of amides is 1. The molecular formula is C19H15FN2O3S. The molecule has 0 unspecified atom stereocenters. The summed E-state index contributed by atoms with van der Waals surface area (Å²) in [5.41, 5.74) is 1.22. The minimum atomic E-state index is -0.396. The highest BCUT2D eigenvalue weighted by Gasteiger charge is 2.15. The smallest absolute Gasteiger partial charge is 0.279 e. The van der Waals surface area contributed by atoms with E-state index in [1.807, 2.05) is 4.57 Å². The summed E-state index contributed by atoms with van der Waals surface area (Å²) in [7, 11) is 0. The molecule has 7 heteroatoms. The highest BCUT2D eigenvalue weighted by Crippen LogP contribution is 2.31. The predicted molar refractivity (Wildman–Crippen MR) is 97.3 cm³/mol. The summed E-state index contributed by atoms with van der Waals surface area (Å²) in [5.74, 6) is 0.433. The van der Waals surface area contributed by atoms with Crippen LogP contribution < -0.4 is 14.3 Å². The van der Waals surface area contributed by atoms with Gasteiger partial charge in [-0.2, -0.15) is 4.99 Å². The van der Waals surface area contributed by atoms with Gasteiger partial charge < -0.3 is 14.0 Å². The van der Waals surface area contributed by atoms with Gasteiger partial charge in [-0.25, -0.2) is 4.39 Å². The van der Waals surface area contributed by atoms with Gasteiger partial charge in [-0.05, 0) is 36.4 Å². The highest BCUT2D eigenvalue weighted by molar-refractivity contribution is 7.16. The molecule has 0 aliphatic carbocycles. The Hall–Kier alpha value is -2.93. The van der Waals surface area contributed by atoms with Gasteiger partial charge in [0.1, 0.15) is 19.0 Å². The minimum Gasteiger partial charge on any atom is -0.486 e. The molecular weight excluding hydrogens is 355 g/mol. The van der Waals surface area contributed by atoms with Crippen molar-refractivity contribution in [2.75, 3.05) is 13.2 Å². The zero-order chi connectivity index (χ0) is 18.1. The number of rotatable bonds is 3. The molecule has 0 fully saturated rings. The van der Waals surface area contributed by atoms with Gasteiger partial charge in [0.2, 0.25) is 0 Å². The van der Waals surface area contributed by atoms with Crippen LogP contribution in [0.2, 0.25) is 0 Å². The number of carbonyl (C=O) groups is 1. The first-order valence-electron chi connectivity index (χ1n) is 8.04. The lowest BCUT2D eigenvalue weighted by molar-refractivity contribution is 0.0996. The van der Waals surface area contributed by atoms with E-state index in [1.165, 1.54) is 23.5 Å². The highest BCUT2D eigenvalue weighted by atomic mass is 32.1. The van der Waals surface area contributed by atoms with Crippen LogP contribution in [0.25, 0.3) is 10.2 Å². The van der Waals surface area contributed by atoms with Crippen LogP contribution >= 0.6 is 11.3 Å². The first kappa shape index (κ1) is 16.5. The van der Waals surface area contributed by atoms with E-state index >= 15 is 0 Å². The fraction of sp³-hybridized carbons (Fsp3) is 0.158. The Bertz CT molecular complexity index is 1080. The normalized spacial score (nSPS) is 13.8. The van der Waals surface area contributed by atoms with Gasteiger partial charge in [-0.15, -0.1) is 6.58 Å². The number of benzene rings is 2. The lowest BCUT2D eigenvalue weighted by Crippen LogP contribution is -2.17. The number of fused-ring (bicyclic) bond motifs is 2. The predicted octanol–water partition coefficient (Wildman–Crippen LogP) is 3.54. The first-order valence-corrected chi connectivity index (χ1v) is 8.86. The van der Waals surface area contributed by atoms with E-state index in [-0.39, 0.29) is 5.82 Å². The zero-order valence-electron chi connectivity index (χ0n) is 13.8. The van der Waals surface area contributed by atoms with Crippen LogP contribution in [0.15, 0.2) is 54.0 Å². The second kappa shape index (κ2) is 6.76. The Morgan fingerprint density at radius 3 is 2.85 bits per heavy atom. The van der Waals surface area contributed by atoms with E-state index in [4.69, 9.17) is 9.47 Å². The van der Waals surface area contributed by atoms with E-state index in [0.29, 0.717) is 41.6 Å². The van der Waals surface area contributed by atoms with Crippen LogP contribution in [-0.2, 0) is 6.54 Å². The van der Waals surface area contributed by atoms with Gasteiger partial charge in [0.05, 0.1) is 10.2 Å². The molecule has 1 aliphatic rings. The van der Waals surface area contributed by atoms with Crippen LogP contribution in [0.5, 0.6) is 11.5 Å². The van der Waals surface area contributed by atoms with Gasteiger partial charge in [0, 0.05) is 12.1 Å². The van der Waals surface area contributed by atoms with Crippen LogP contribution in [0.1, 0.15) is 10.4 Å². The minimum absolute atomic E-state index is 0.325. The fourth-order valence-corrected chi connectivity index (χ4v) is 3.83. The van der Waals surface area contributed by atoms with Crippen LogP contribution in [0, 0.1) is 5.82 Å². The monoisotopic (exact) mass is 370 g/mol. The molecule has 1 amide bonds. The molecule has 0 bridgehead atoms. The van der Waals surface area contributed by atoms with Crippen molar-refractivity contribution >= 4 is 27.5 Å². The number of thiazole rings is 1. The lowest BCUT2D eigenvalue weighted by atomic mass is 10.2. The molecule has 2 heterocycles. The molecule has 5 nitrogen and oxygen atoms in total. The van der Waals surface area contributed by atoms with Crippen molar-refractivity contribution in [2.45, 2.75) is 6.54 Å². The van der Waals surface area contributed by atoms with E-state index < -0.39 is 5.91 Å².